The van der Waals surface area contributed by atoms with Crippen LogP contribution in [0.2, 0.25) is 0 Å². The number of methoxy groups -OCH3 is 1. The topological polar surface area (TPSA) is 83.5 Å². The summed E-state index contributed by atoms with van der Waals surface area (Å²) in [5.74, 6) is 0.440. The normalized spacial score (nSPS) is 10.3. The zero-order chi connectivity index (χ0) is 15.9. The van der Waals surface area contributed by atoms with Crippen molar-refractivity contribution in [3.63, 3.8) is 0 Å². The Balaban J connectivity index is 2.37. The average Bonchev–Trinajstić information content (AvgIpc) is 2.54. The van der Waals surface area contributed by atoms with Crippen molar-refractivity contribution in [1.29, 1.82) is 0 Å². The summed E-state index contributed by atoms with van der Waals surface area (Å²) in [4.78, 5) is 16.4. The first-order valence-corrected chi connectivity index (χ1v) is 6.91. The molecule has 1 aromatic heterocycles. The van der Waals surface area contributed by atoms with Gasteiger partial charge in [-0.05, 0) is 24.3 Å². The number of nitrogens with zero attached hydrogens (tertiary/aromatic N) is 1. The van der Waals surface area contributed by atoms with E-state index in [9.17, 15) is 9.90 Å². The predicted octanol–water partition coefficient (Wildman–Crippen LogP) is 1.87. The van der Waals surface area contributed by atoms with E-state index in [2.05, 4.69) is 15.6 Å². The summed E-state index contributed by atoms with van der Waals surface area (Å²) in [5, 5.41) is 15.3. The molecular weight excluding hydrogens is 282 g/mol. The molecule has 0 aliphatic heterocycles. The molecular formula is C16H19N3O3. The minimum Gasteiger partial charge on any atom is -0.508 e. The van der Waals surface area contributed by atoms with Gasteiger partial charge < -0.3 is 20.5 Å². The van der Waals surface area contributed by atoms with Crippen LogP contribution in [-0.2, 0) is 4.74 Å². The lowest BCUT2D eigenvalue weighted by molar-refractivity contribution is 0.0963. The lowest BCUT2D eigenvalue weighted by Crippen LogP contribution is -2.21. The number of pyridine rings is 1. The molecule has 0 saturated heterocycles. The maximum absolute atomic E-state index is 11.9. The number of rotatable bonds is 6. The van der Waals surface area contributed by atoms with E-state index in [1.165, 1.54) is 0 Å². The number of amides is 1. The SMILES string of the molecule is CNC(=O)c1ccc(-c2cccc(O)c2)nc1NCCOC. The highest BCUT2D eigenvalue weighted by Crippen LogP contribution is 2.24. The summed E-state index contributed by atoms with van der Waals surface area (Å²) in [7, 11) is 3.18. The Morgan fingerprint density at radius 2 is 2.14 bits per heavy atom. The molecule has 2 rings (SSSR count). The minimum atomic E-state index is -0.213. The second kappa shape index (κ2) is 7.42. The predicted molar refractivity (Wildman–Crippen MR) is 85.1 cm³/mol. The van der Waals surface area contributed by atoms with E-state index in [0.717, 1.165) is 5.56 Å². The van der Waals surface area contributed by atoms with E-state index in [0.29, 0.717) is 30.2 Å². The molecule has 3 N–H and O–H groups in total. The van der Waals surface area contributed by atoms with Gasteiger partial charge in [0.2, 0.25) is 0 Å². The smallest absolute Gasteiger partial charge is 0.254 e. The van der Waals surface area contributed by atoms with Crippen molar-refractivity contribution in [1.82, 2.24) is 10.3 Å². The van der Waals surface area contributed by atoms with Crippen LogP contribution in [0.4, 0.5) is 5.82 Å². The summed E-state index contributed by atoms with van der Waals surface area (Å²) >= 11 is 0. The number of anilines is 1. The number of benzene rings is 1. The molecule has 1 amide bonds. The van der Waals surface area contributed by atoms with Crippen molar-refractivity contribution >= 4 is 11.7 Å². The van der Waals surface area contributed by atoms with Crippen molar-refractivity contribution in [2.45, 2.75) is 0 Å². The molecule has 0 aliphatic rings. The van der Waals surface area contributed by atoms with E-state index in [-0.39, 0.29) is 11.7 Å². The van der Waals surface area contributed by atoms with E-state index in [1.807, 2.05) is 6.07 Å². The second-order valence-corrected chi connectivity index (χ2v) is 4.64. The Hall–Kier alpha value is -2.60. The number of carbonyl (C=O) groups excluding carboxylic acids is 1. The molecule has 0 bridgehead atoms. The molecule has 0 aliphatic carbocycles. The third-order valence-electron chi connectivity index (χ3n) is 3.11. The number of hydrogen-bond acceptors (Lipinski definition) is 5. The van der Waals surface area contributed by atoms with Gasteiger partial charge in [0.15, 0.2) is 0 Å². The number of ether oxygens (including phenoxy) is 1. The number of aromatic hydroxyl groups is 1. The zero-order valence-corrected chi connectivity index (χ0v) is 12.6. The molecule has 0 spiro atoms. The first-order chi connectivity index (χ1) is 10.7. The summed E-state index contributed by atoms with van der Waals surface area (Å²) < 4.78 is 5.00. The fourth-order valence-electron chi connectivity index (χ4n) is 2.01. The van der Waals surface area contributed by atoms with Crippen molar-refractivity contribution in [2.24, 2.45) is 0 Å². The molecule has 22 heavy (non-hydrogen) atoms. The van der Waals surface area contributed by atoms with Gasteiger partial charge in [-0.25, -0.2) is 4.98 Å². The second-order valence-electron chi connectivity index (χ2n) is 4.64. The zero-order valence-electron chi connectivity index (χ0n) is 12.6. The molecule has 6 nitrogen and oxygen atoms in total. The van der Waals surface area contributed by atoms with Gasteiger partial charge in [0.05, 0.1) is 17.9 Å². The molecule has 0 unspecified atom stereocenters. The fraction of sp³-hybridized carbons (Fsp3) is 0.250. The molecule has 116 valence electrons. The number of phenolic OH excluding ortho intramolecular Hbond substituents is 1. The monoisotopic (exact) mass is 301 g/mol. The Morgan fingerprint density at radius 1 is 1.32 bits per heavy atom. The lowest BCUT2D eigenvalue weighted by atomic mass is 10.1. The quantitative estimate of drug-likeness (QED) is 0.709. The summed E-state index contributed by atoms with van der Waals surface area (Å²) in [6.45, 7) is 1.04. The van der Waals surface area contributed by atoms with Crippen molar-refractivity contribution < 1.29 is 14.6 Å². The van der Waals surface area contributed by atoms with E-state index < -0.39 is 0 Å². The minimum absolute atomic E-state index is 0.170. The largest absolute Gasteiger partial charge is 0.508 e. The molecule has 1 aromatic carbocycles. The molecule has 0 radical (unpaired) electrons. The molecule has 6 heteroatoms. The van der Waals surface area contributed by atoms with Gasteiger partial charge in [0.1, 0.15) is 11.6 Å². The van der Waals surface area contributed by atoms with Crippen molar-refractivity contribution in [3.05, 3.63) is 42.0 Å². The molecule has 0 saturated carbocycles. The van der Waals surface area contributed by atoms with Crippen LogP contribution in [0, 0.1) is 0 Å². The van der Waals surface area contributed by atoms with Crippen molar-refractivity contribution in [2.75, 3.05) is 32.6 Å². The third-order valence-corrected chi connectivity index (χ3v) is 3.11. The third kappa shape index (κ3) is 3.73. The van der Waals surface area contributed by atoms with Crippen LogP contribution in [0.15, 0.2) is 36.4 Å². The van der Waals surface area contributed by atoms with Crippen LogP contribution in [0.25, 0.3) is 11.3 Å². The van der Waals surface area contributed by atoms with Gasteiger partial charge in [0, 0.05) is 26.3 Å². The molecule has 0 fully saturated rings. The van der Waals surface area contributed by atoms with Crippen LogP contribution in [0.3, 0.4) is 0 Å². The van der Waals surface area contributed by atoms with Gasteiger partial charge in [0.25, 0.3) is 5.91 Å². The lowest BCUT2D eigenvalue weighted by Gasteiger charge is -2.12. The Bertz CT molecular complexity index is 659. The average molecular weight is 301 g/mol. The maximum Gasteiger partial charge on any atom is 0.254 e. The fourth-order valence-corrected chi connectivity index (χ4v) is 2.01. The van der Waals surface area contributed by atoms with Crippen molar-refractivity contribution in [3.8, 4) is 17.0 Å². The molecule has 0 atom stereocenters. The van der Waals surface area contributed by atoms with Crippen LogP contribution >= 0.6 is 0 Å². The van der Waals surface area contributed by atoms with E-state index in [4.69, 9.17) is 4.74 Å². The Kier molecular flexibility index (Phi) is 5.32. The highest BCUT2D eigenvalue weighted by molar-refractivity contribution is 5.99. The number of hydrogen-bond donors (Lipinski definition) is 3. The Labute approximate surface area is 129 Å². The Morgan fingerprint density at radius 3 is 2.82 bits per heavy atom. The highest BCUT2D eigenvalue weighted by Gasteiger charge is 2.13. The first-order valence-electron chi connectivity index (χ1n) is 6.91. The van der Waals surface area contributed by atoms with Crippen LogP contribution in [0.1, 0.15) is 10.4 Å². The van der Waals surface area contributed by atoms with Gasteiger partial charge in [-0.1, -0.05) is 12.1 Å². The summed E-state index contributed by atoms with van der Waals surface area (Å²) in [6, 6.07) is 10.3. The molecule has 1 heterocycles. The van der Waals surface area contributed by atoms with Gasteiger partial charge >= 0.3 is 0 Å². The van der Waals surface area contributed by atoms with E-state index >= 15 is 0 Å². The maximum atomic E-state index is 11.9. The number of carbonyl (C=O) groups is 1. The number of nitrogens with one attached hydrogen (secondary N) is 2. The van der Waals surface area contributed by atoms with Crippen LogP contribution in [0.5, 0.6) is 5.75 Å². The number of phenols is 1. The first kappa shape index (κ1) is 15.8. The standard InChI is InChI=1S/C16H19N3O3/c1-17-16(21)13-6-7-14(11-4-3-5-12(20)10-11)19-15(13)18-8-9-22-2/h3-7,10,20H,8-9H2,1-2H3,(H,17,21)(H,18,19). The summed E-state index contributed by atoms with van der Waals surface area (Å²) in [5.41, 5.74) is 1.91. The van der Waals surface area contributed by atoms with Gasteiger partial charge in [-0.2, -0.15) is 0 Å². The van der Waals surface area contributed by atoms with Crippen LogP contribution in [-0.4, -0.2) is 43.3 Å². The highest BCUT2D eigenvalue weighted by atomic mass is 16.5. The van der Waals surface area contributed by atoms with Gasteiger partial charge in [-0.3, -0.25) is 4.79 Å². The summed E-state index contributed by atoms with van der Waals surface area (Å²) in [6.07, 6.45) is 0. The molecule has 2 aromatic rings. The van der Waals surface area contributed by atoms with Gasteiger partial charge in [-0.15, -0.1) is 0 Å². The van der Waals surface area contributed by atoms with Crippen LogP contribution < -0.4 is 10.6 Å². The number of aromatic nitrogens is 1. The van der Waals surface area contributed by atoms with E-state index in [1.54, 1.807) is 44.5 Å².